The molecule has 0 bridgehead atoms. The Labute approximate surface area is 144 Å². The van der Waals surface area contributed by atoms with Gasteiger partial charge in [-0.05, 0) is 26.7 Å². The second-order valence-electron chi connectivity index (χ2n) is 5.08. The minimum atomic E-state index is -6.00. The van der Waals surface area contributed by atoms with Crippen molar-refractivity contribution in [2.45, 2.75) is 46.5 Å². The Hall–Kier alpha value is -2.07. The molecule has 6 nitrogen and oxygen atoms in total. The summed E-state index contributed by atoms with van der Waals surface area (Å²) in [5, 5.41) is 5.54. The highest BCUT2D eigenvalue weighted by Crippen LogP contribution is 2.20. The molecule has 1 aromatic rings. The number of halogens is 4. The van der Waals surface area contributed by atoms with Gasteiger partial charge in [0.25, 0.3) is 0 Å². The third kappa shape index (κ3) is 8.04. The Balaban J connectivity index is 0.00000101. The summed E-state index contributed by atoms with van der Waals surface area (Å²) in [5.41, 5.74) is 0. The minimum Gasteiger partial charge on any atom is -0.418 e. The van der Waals surface area contributed by atoms with E-state index >= 15 is 0 Å². The fraction of sp³-hybridized carbons (Fsp3) is 0.643. The van der Waals surface area contributed by atoms with Crippen molar-refractivity contribution in [2.75, 3.05) is 13.1 Å². The Morgan fingerprint density at radius 3 is 1.96 bits per heavy atom. The SMILES string of the molecule is CCNC(=O)n1cc[n+](C(=O)NCC)c1C(CC)CC.F[B-](F)(F)F. The van der Waals surface area contributed by atoms with Gasteiger partial charge in [-0.1, -0.05) is 13.8 Å². The molecular formula is C14H25BF4N4O2. The molecule has 0 atom stereocenters. The Morgan fingerprint density at radius 2 is 1.56 bits per heavy atom. The lowest BCUT2D eigenvalue weighted by atomic mass is 10.0. The van der Waals surface area contributed by atoms with Crippen LogP contribution in [-0.2, 0) is 0 Å². The molecule has 0 aromatic carbocycles. The van der Waals surface area contributed by atoms with Crippen LogP contribution in [-0.4, -0.2) is 37.0 Å². The summed E-state index contributed by atoms with van der Waals surface area (Å²) >= 11 is 0. The number of hydrogen-bond donors (Lipinski definition) is 2. The minimum absolute atomic E-state index is 0.162. The van der Waals surface area contributed by atoms with E-state index in [0.29, 0.717) is 13.1 Å². The Kier molecular flexibility index (Phi) is 9.84. The molecule has 1 heterocycles. The first-order chi connectivity index (χ1) is 11.6. The predicted octanol–water partition coefficient (Wildman–Crippen LogP) is 3.13. The van der Waals surface area contributed by atoms with Crippen molar-refractivity contribution < 1.29 is 31.4 Å². The van der Waals surface area contributed by atoms with E-state index < -0.39 is 7.25 Å². The van der Waals surface area contributed by atoms with Crippen molar-refractivity contribution in [2.24, 2.45) is 0 Å². The normalized spacial score (nSPS) is 10.9. The zero-order chi connectivity index (χ0) is 19.6. The van der Waals surface area contributed by atoms with Crippen molar-refractivity contribution in [3.63, 3.8) is 0 Å². The quantitative estimate of drug-likeness (QED) is 0.476. The number of aromatic nitrogens is 2. The highest BCUT2D eigenvalue weighted by Gasteiger charge is 2.29. The van der Waals surface area contributed by atoms with Crippen LogP contribution in [0.3, 0.4) is 0 Å². The van der Waals surface area contributed by atoms with Crippen LogP contribution in [0.1, 0.15) is 52.3 Å². The van der Waals surface area contributed by atoms with Crippen molar-refractivity contribution >= 4 is 19.3 Å². The predicted molar refractivity (Wildman–Crippen MR) is 87.1 cm³/mol. The number of nitrogens with one attached hydrogen (secondary N) is 2. The first-order valence-electron chi connectivity index (χ1n) is 8.17. The lowest BCUT2D eigenvalue weighted by molar-refractivity contribution is -0.582. The maximum atomic E-state index is 12.1. The average Bonchev–Trinajstić information content (AvgIpc) is 2.92. The smallest absolute Gasteiger partial charge is 0.418 e. The maximum absolute atomic E-state index is 12.1. The topological polar surface area (TPSA) is 67.0 Å². The fourth-order valence-corrected chi connectivity index (χ4v) is 2.27. The van der Waals surface area contributed by atoms with E-state index in [1.165, 1.54) is 9.13 Å². The molecule has 0 aliphatic carbocycles. The van der Waals surface area contributed by atoms with Crippen LogP contribution in [0.4, 0.5) is 26.9 Å². The summed E-state index contributed by atoms with van der Waals surface area (Å²) in [6.07, 6.45) is 5.04. The molecule has 1 rings (SSSR count). The number of imidazole rings is 1. The van der Waals surface area contributed by atoms with Gasteiger partial charge >= 0.3 is 19.3 Å². The molecule has 1 aromatic heterocycles. The Morgan fingerprint density at radius 1 is 1.08 bits per heavy atom. The zero-order valence-electron chi connectivity index (χ0n) is 14.9. The van der Waals surface area contributed by atoms with Crippen LogP contribution in [0, 0.1) is 0 Å². The maximum Gasteiger partial charge on any atom is 0.673 e. The van der Waals surface area contributed by atoms with Crippen LogP contribution < -0.4 is 15.2 Å². The molecule has 0 unspecified atom stereocenters. The molecule has 0 aliphatic rings. The molecular weight excluding hydrogens is 343 g/mol. The van der Waals surface area contributed by atoms with Gasteiger partial charge in [-0.25, -0.2) is 9.59 Å². The second-order valence-corrected chi connectivity index (χ2v) is 5.08. The van der Waals surface area contributed by atoms with Gasteiger partial charge in [0.2, 0.25) is 5.82 Å². The van der Waals surface area contributed by atoms with E-state index in [9.17, 15) is 26.9 Å². The standard InChI is InChI=1S/C14H24N4O2.BF4/c1-5-11(6-2)12-17(13(19)15-7-3)9-10-18(12)14(20)16-8-4;2-1(3,4)5/h9-11H,5-8H2,1-4H3,(H-,15,16,19,20);/q;-1/p+1. The van der Waals surface area contributed by atoms with Crippen molar-refractivity contribution in [3.8, 4) is 0 Å². The van der Waals surface area contributed by atoms with Gasteiger partial charge in [0.05, 0.1) is 6.54 Å². The van der Waals surface area contributed by atoms with E-state index in [0.717, 1.165) is 18.7 Å². The monoisotopic (exact) mass is 368 g/mol. The van der Waals surface area contributed by atoms with Gasteiger partial charge < -0.3 is 22.6 Å². The van der Waals surface area contributed by atoms with Crippen LogP contribution in [0.25, 0.3) is 0 Å². The molecule has 0 saturated carbocycles. The second kappa shape index (κ2) is 10.7. The number of rotatable bonds is 5. The van der Waals surface area contributed by atoms with Crippen LogP contribution in [0.15, 0.2) is 12.4 Å². The van der Waals surface area contributed by atoms with E-state index in [1.807, 2.05) is 13.8 Å². The molecule has 0 spiro atoms. The number of carbonyl (C=O) groups excluding carboxylic acids is 2. The lowest BCUT2D eigenvalue weighted by Crippen LogP contribution is -2.53. The van der Waals surface area contributed by atoms with Gasteiger partial charge in [0.1, 0.15) is 12.4 Å². The van der Waals surface area contributed by atoms with Gasteiger partial charge in [-0.15, -0.1) is 0 Å². The summed E-state index contributed by atoms with van der Waals surface area (Å²) in [4.78, 5) is 24.2. The summed E-state index contributed by atoms with van der Waals surface area (Å²) in [5.74, 6) is 0.891. The molecule has 11 heteroatoms. The Bertz CT molecular complexity index is 518. The van der Waals surface area contributed by atoms with Crippen LogP contribution >= 0.6 is 0 Å². The summed E-state index contributed by atoms with van der Waals surface area (Å²) in [7, 11) is -6.00. The van der Waals surface area contributed by atoms with Crippen molar-refractivity contribution in [1.29, 1.82) is 0 Å². The fourth-order valence-electron chi connectivity index (χ4n) is 2.27. The van der Waals surface area contributed by atoms with Gasteiger partial charge in [0.15, 0.2) is 0 Å². The average molecular weight is 368 g/mol. The largest absolute Gasteiger partial charge is 0.673 e. The highest BCUT2D eigenvalue weighted by atomic mass is 19.5. The van der Waals surface area contributed by atoms with Crippen molar-refractivity contribution in [3.05, 3.63) is 18.2 Å². The zero-order valence-corrected chi connectivity index (χ0v) is 14.9. The first kappa shape index (κ1) is 22.9. The lowest BCUT2D eigenvalue weighted by Gasteiger charge is -2.13. The number of nitrogens with zero attached hydrogens (tertiary/aromatic N) is 2. The number of amides is 2. The third-order valence-corrected chi connectivity index (χ3v) is 3.30. The first-order valence-corrected chi connectivity index (χ1v) is 8.17. The molecule has 0 fully saturated rings. The third-order valence-electron chi connectivity index (χ3n) is 3.30. The van der Waals surface area contributed by atoms with Gasteiger partial charge in [0, 0.05) is 12.5 Å². The van der Waals surface area contributed by atoms with E-state index in [2.05, 4.69) is 24.5 Å². The molecule has 2 N–H and O–H groups in total. The molecule has 25 heavy (non-hydrogen) atoms. The summed E-state index contributed by atoms with van der Waals surface area (Å²) in [6.45, 7) is 8.98. The van der Waals surface area contributed by atoms with Crippen LogP contribution in [0.5, 0.6) is 0 Å². The number of hydrogen-bond acceptors (Lipinski definition) is 2. The van der Waals surface area contributed by atoms with E-state index in [4.69, 9.17) is 0 Å². The van der Waals surface area contributed by atoms with Crippen LogP contribution in [0.2, 0.25) is 0 Å². The van der Waals surface area contributed by atoms with E-state index in [1.54, 1.807) is 12.4 Å². The molecule has 0 radical (unpaired) electrons. The van der Waals surface area contributed by atoms with Crippen molar-refractivity contribution in [1.82, 2.24) is 15.2 Å². The summed E-state index contributed by atoms with van der Waals surface area (Å²) in [6, 6.07) is -0.394. The van der Waals surface area contributed by atoms with Gasteiger partial charge in [-0.3, -0.25) is 5.32 Å². The molecule has 144 valence electrons. The highest BCUT2D eigenvalue weighted by molar-refractivity contribution is 6.50. The number of carbonyl (C=O) groups is 2. The molecule has 2 amide bonds. The molecule has 0 saturated heterocycles. The van der Waals surface area contributed by atoms with Gasteiger partial charge in [-0.2, -0.15) is 9.13 Å². The summed E-state index contributed by atoms with van der Waals surface area (Å²) < 4.78 is 42.1. The molecule has 0 aliphatic heterocycles. The van der Waals surface area contributed by atoms with E-state index in [-0.39, 0.29) is 18.0 Å².